The van der Waals surface area contributed by atoms with Crippen LogP contribution in [0.25, 0.3) is 0 Å². The van der Waals surface area contributed by atoms with Gasteiger partial charge >= 0.3 is 5.69 Å². The van der Waals surface area contributed by atoms with Crippen molar-refractivity contribution >= 4 is 11.5 Å². The van der Waals surface area contributed by atoms with Crippen molar-refractivity contribution in [2.24, 2.45) is 0 Å². The molecule has 0 saturated heterocycles. The van der Waals surface area contributed by atoms with Crippen molar-refractivity contribution in [3.05, 3.63) is 45.0 Å². The van der Waals surface area contributed by atoms with Gasteiger partial charge in [-0.15, -0.1) is 0 Å². The number of aryl methyl sites for hydroxylation is 2. The van der Waals surface area contributed by atoms with Gasteiger partial charge in [-0.05, 0) is 19.9 Å². The Morgan fingerprint density at radius 2 is 2.27 bits per heavy atom. The monoisotopic (exact) mass is 301 g/mol. The van der Waals surface area contributed by atoms with Gasteiger partial charge < -0.3 is 9.84 Å². The van der Waals surface area contributed by atoms with Gasteiger partial charge in [0.1, 0.15) is 17.4 Å². The third kappa shape index (κ3) is 2.88. The van der Waals surface area contributed by atoms with Crippen molar-refractivity contribution in [3.8, 4) is 6.07 Å². The molecule has 0 aromatic carbocycles. The van der Waals surface area contributed by atoms with E-state index in [4.69, 9.17) is 9.78 Å². The summed E-state index contributed by atoms with van der Waals surface area (Å²) in [6, 6.07) is 3.12. The van der Waals surface area contributed by atoms with Crippen LogP contribution in [0.1, 0.15) is 35.4 Å². The predicted octanol–water partition coefficient (Wildman–Crippen LogP) is 2.68. The van der Waals surface area contributed by atoms with Gasteiger partial charge in [0.05, 0.1) is 10.6 Å². The molecule has 0 amide bonds. The summed E-state index contributed by atoms with van der Waals surface area (Å²) in [5.41, 5.74) is 1.43. The number of aromatic nitrogens is 2. The van der Waals surface area contributed by atoms with Gasteiger partial charge in [0.15, 0.2) is 0 Å². The van der Waals surface area contributed by atoms with Crippen molar-refractivity contribution in [1.29, 1.82) is 5.26 Å². The summed E-state index contributed by atoms with van der Waals surface area (Å²) in [6.07, 6.45) is 1.37. The van der Waals surface area contributed by atoms with Gasteiger partial charge in [0.25, 0.3) is 0 Å². The van der Waals surface area contributed by atoms with E-state index in [9.17, 15) is 10.1 Å². The lowest BCUT2D eigenvalue weighted by Crippen LogP contribution is -2.13. The average molecular weight is 301 g/mol. The third-order valence-electron chi connectivity index (χ3n) is 3.38. The largest absolute Gasteiger partial charge is 0.364 e. The molecule has 0 fully saturated rings. The molecule has 22 heavy (non-hydrogen) atoms. The van der Waals surface area contributed by atoms with Crippen LogP contribution in [0, 0.1) is 35.3 Å². The van der Waals surface area contributed by atoms with Crippen molar-refractivity contribution < 1.29 is 9.45 Å². The summed E-state index contributed by atoms with van der Waals surface area (Å²) in [4.78, 5) is 14.5. The quantitative estimate of drug-likeness (QED) is 0.666. The van der Waals surface area contributed by atoms with E-state index in [2.05, 4.69) is 15.5 Å². The maximum Gasteiger partial charge on any atom is 0.328 e. The predicted molar refractivity (Wildman–Crippen MR) is 78.5 cm³/mol. The molecule has 8 heteroatoms. The molecule has 0 spiro atoms. The van der Waals surface area contributed by atoms with E-state index in [-0.39, 0.29) is 23.0 Å². The van der Waals surface area contributed by atoms with E-state index in [1.54, 1.807) is 6.07 Å². The van der Waals surface area contributed by atoms with E-state index in [1.165, 1.54) is 12.3 Å². The zero-order valence-corrected chi connectivity index (χ0v) is 12.5. The van der Waals surface area contributed by atoms with Gasteiger partial charge in [-0.25, -0.2) is 4.98 Å². The van der Waals surface area contributed by atoms with Gasteiger partial charge in [0, 0.05) is 24.2 Å². The fraction of sp³-hybridized carbons (Fsp3) is 0.357. The van der Waals surface area contributed by atoms with E-state index < -0.39 is 4.92 Å². The second-order valence-corrected chi connectivity index (χ2v) is 4.94. The molecule has 8 nitrogen and oxygen atoms in total. The van der Waals surface area contributed by atoms with Crippen molar-refractivity contribution in [2.45, 2.75) is 26.7 Å². The molecule has 0 bridgehead atoms. The number of nitrogens with one attached hydrogen (secondary N) is 1. The molecular weight excluding hydrogens is 286 g/mol. The second kappa shape index (κ2) is 6.22. The van der Waals surface area contributed by atoms with Crippen LogP contribution in [0.2, 0.25) is 0 Å². The fourth-order valence-corrected chi connectivity index (χ4v) is 2.40. The lowest BCUT2D eigenvalue weighted by molar-refractivity contribution is -0.384. The molecule has 2 heterocycles. The molecule has 2 aromatic heterocycles. The highest BCUT2D eigenvalue weighted by Crippen LogP contribution is 2.28. The summed E-state index contributed by atoms with van der Waals surface area (Å²) >= 11 is 0. The Hall–Kier alpha value is -2.95. The summed E-state index contributed by atoms with van der Waals surface area (Å²) in [5, 5.41) is 26.9. The molecule has 0 unspecified atom stereocenters. The van der Waals surface area contributed by atoms with Gasteiger partial charge in [-0.2, -0.15) is 5.26 Å². The molecular formula is C14H15N5O3. The summed E-state index contributed by atoms with van der Waals surface area (Å²) in [5.74, 6) is 0.834. The van der Waals surface area contributed by atoms with Crippen molar-refractivity contribution in [3.63, 3.8) is 0 Å². The van der Waals surface area contributed by atoms with E-state index >= 15 is 0 Å². The van der Waals surface area contributed by atoms with Crippen LogP contribution in [0.15, 0.2) is 16.8 Å². The first-order chi connectivity index (χ1) is 10.5. The molecule has 2 rings (SSSR count). The maximum atomic E-state index is 11.1. The molecule has 0 aliphatic rings. The number of nitrogens with zero attached hydrogens (tertiary/aromatic N) is 4. The Bertz CT molecular complexity index is 728. The number of anilines is 1. The van der Waals surface area contributed by atoms with Crippen LogP contribution in [-0.4, -0.2) is 21.6 Å². The Morgan fingerprint density at radius 1 is 1.55 bits per heavy atom. The standard InChI is InChI=1S/C14H15N5O3/c1-8(12-9(2)18-22-10(12)3)7-17-14-13(19(20)21)11(6-15)4-5-16-14/h4-5,8H,7H2,1-3H3,(H,16,17)/t8-/m0/s1. The van der Waals surface area contributed by atoms with Gasteiger partial charge in [0.2, 0.25) is 5.82 Å². The number of hydrogen-bond donors (Lipinski definition) is 1. The molecule has 0 aliphatic heterocycles. The number of nitro groups is 1. The van der Waals surface area contributed by atoms with Gasteiger partial charge in [-0.3, -0.25) is 10.1 Å². The lowest BCUT2D eigenvalue weighted by Gasteiger charge is -2.13. The van der Waals surface area contributed by atoms with Crippen molar-refractivity contribution in [1.82, 2.24) is 10.1 Å². The number of rotatable bonds is 5. The van der Waals surface area contributed by atoms with Crippen LogP contribution >= 0.6 is 0 Å². The van der Waals surface area contributed by atoms with E-state index in [0.29, 0.717) is 6.54 Å². The highest BCUT2D eigenvalue weighted by atomic mass is 16.6. The molecule has 0 saturated carbocycles. The van der Waals surface area contributed by atoms with Crippen LogP contribution in [0.4, 0.5) is 11.5 Å². The minimum absolute atomic E-state index is 0.0208. The topological polar surface area (TPSA) is 118 Å². The maximum absolute atomic E-state index is 11.1. The highest BCUT2D eigenvalue weighted by Gasteiger charge is 2.22. The number of pyridine rings is 1. The first-order valence-electron chi connectivity index (χ1n) is 6.65. The zero-order valence-electron chi connectivity index (χ0n) is 12.5. The minimum atomic E-state index is -0.603. The fourth-order valence-electron chi connectivity index (χ4n) is 2.40. The SMILES string of the molecule is Cc1noc(C)c1[C@@H](C)CNc1nccc(C#N)c1[N+](=O)[O-]. The van der Waals surface area contributed by atoms with Crippen LogP contribution < -0.4 is 5.32 Å². The highest BCUT2D eigenvalue weighted by molar-refractivity contribution is 5.64. The average Bonchev–Trinajstić information content (AvgIpc) is 2.83. The third-order valence-corrected chi connectivity index (χ3v) is 3.38. The normalized spacial score (nSPS) is 11.7. The molecule has 114 valence electrons. The van der Waals surface area contributed by atoms with Gasteiger partial charge in [-0.1, -0.05) is 12.1 Å². The van der Waals surface area contributed by atoms with Crippen LogP contribution in [0.5, 0.6) is 0 Å². The van der Waals surface area contributed by atoms with Crippen LogP contribution in [-0.2, 0) is 0 Å². The Balaban J connectivity index is 2.22. The molecule has 0 aliphatic carbocycles. The second-order valence-electron chi connectivity index (χ2n) is 4.94. The smallest absolute Gasteiger partial charge is 0.328 e. The van der Waals surface area contributed by atoms with Crippen molar-refractivity contribution in [2.75, 3.05) is 11.9 Å². The summed E-state index contributed by atoms with van der Waals surface area (Å²) in [6.45, 7) is 6.04. The van der Waals surface area contributed by atoms with E-state index in [0.717, 1.165) is 17.0 Å². The van der Waals surface area contributed by atoms with Crippen LogP contribution in [0.3, 0.4) is 0 Å². The molecule has 1 atom stereocenters. The Labute approximate surface area is 126 Å². The Morgan fingerprint density at radius 3 is 2.82 bits per heavy atom. The molecule has 1 N–H and O–H groups in total. The number of hydrogen-bond acceptors (Lipinski definition) is 7. The van der Waals surface area contributed by atoms with E-state index in [1.807, 2.05) is 20.8 Å². The molecule has 0 radical (unpaired) electrons. The zero-order chi connectivity index (χ0) is 16.3. The summed E-state index contributed by atoms with van der Waals surface area (Å²) in [7, 11) is 0. The number of nitriles is 1. The molecule has 2 aromatic rings. The lowest BCUT2D eigenvalue weighted by atomic mass is 9.99. The Kier molecular flexibility index (Phi) is 4.36. The minimum Gasteiger partial charge on any atom is -0.364 e. The summed E-state index contributed by atoms with van der Waals surface area (Å²) < 4.78 is 5.12. The first kappa shape index (κ1) is 15.4. The first-order valence-corrected chi connectivity index (χ1v) is 6.65.